The number of amides is 1. The Balaban J connectivity index is 0.00000242. The number of carbonyl (C=O) groups excluding carboxylic acids is 1. The third kappa shape index (κ3) is 6.87. The van der Waals surface area contributed by atoms with E-state index in [1.807, 2.05) is 24.3 Å². The van der Waals surface area contributed by atoms with E-state index in [2.05, 4.69) is 15.5 Å². The van der Waals surface area contributed by atoms with E-state index >= 15 is 0 Å². The van der Waals surface area contributed by atoms with E-state index < -0.39 is 0 Å². The van der Waals surface area contributed by atoms with Gasteiger partial charge in [-0.05, 0) is 24.3 Å². The van der Waals surface area contributed by atoms with Crippen molar-refractivity contribution < 1.29 is 9.53 Å². The van der Waals surface area contributed by atoms with Crippen LogP contribution >= 0.6 is 24.2 Å². The summed E-state index contributed by atoms with van der Waals surface area (Å²) >= 11 is 1.54. The smallest absolute Gasteiger partial charge is 0.230 e. The molecular weight excluding hydrogens is 322 g/mol. The van der Waals surface area contributed by atoms with E-state index in [0.29, 0.717) is 5.75 Å². The Morgan fingerprint density at radius 1 is 1.32 bits per heavy atom. The van der Waals surface area contributed by atoms with Crippen LogP contribution in [-0.4, -0.2) is 62.9 Å². The summed E-state index contributed by atoms with van der Waals surface area (Å²) in [4.78, 5) is 15.2. The van der Waals surface area contributed by atoms with E-state index in [1.54, 1.807) is 18.9 Å². The molecule has 1 heterocycles. The van der Waals surface area contributed by atoms with Gasteiger partial charge in [-0.2, -0.15) is 0 Å². The summed E-state index contributed by atoms with van der Waals surface area (Å²) in [6.07, 6.45) is 0. The first kappa shape index (κ1) is 19.1. The molecule has 0 atom stereocenters. The molecule has 2 rings (SSSR count). The molecule has 0 saturated carbocycles. The highest BCUT2D eigenvalue weighted by molar-refractivity contribution is 8.00. The number of nitrogens with zero attached hydrogens (tertiary/aromatic N) is 1. The van der Waals surface area contributed by atoms with Crippen LogP contribution in [0.1, 0.15) is 0 Å². The van der Waals surface area contributed by atoms with Gasteiger partial charge in [0.25, 0.3) is 0 Å². The lowest BCUT2D eigenvalue weighted by Crippen LogP contribution is -2.46. The van der Waals surface area contributed by atoms with Gasteiger partial charge < -0.3 is 15.4 Å². The number of carbonyl (C=O) groups is 1. The maximum absolute atomic E-state index is 11.8. The predicted molar refractivity (Wildman–Crippen MR) is 93.3 cm³/mol. The second kappa shape index (κ2) is 10.7. The van der Waals surface area contributed by atoms with Gasteiger partial charge in [-0.15, -0.1) is 24.2 Å². The number of methoxy groups -OCH3 is 1. The number of thioether (sulfide) groups is 1. The lowest BCUT2D eigenvalue weighted by atomic mass is 10.3. The van der Waals surface area contributed by atoms with Gasteiger partial charge in [-0.3, -0.25) is 9.69 Å². The van der Waals surface area contributed by atoms with Crippen molar-refractivity contribution in [1.82, 2.24) is 15.5 Å². The minimum absolute atomic E-state index is 0. The molecule has 0 aliphatic carbocycles. The third-order valence-corrected chi connectivity index (χ3v) is 4.40. The Hall–Kier alpha value is -0.950. The van der Waals surface area contributed by atoms with Crippen LogP contribution < -0.4 is 15.4 Å². The molecule has 0 spiro atoms. The summed E-state index contributed by atoms with van der Waals surface area (Å²) in [6.45, 7) is 5.87. The standard InChI is InChI=1S/C15H23N3O2S.ClH/c1-20-13-2-4-14(5-3-13)21-12-15(19)17-8-11-18-9-6-16-7-10-18;/h2-5,16H,6-12H2,1H3,(H,17,19);1H. The Labute approximate surface area is 142 Å². The molecule has 0 aromatic heterocycles. The average Bonchev–Trinajstić information content (AvgIpc) is 2.54. The van der Waals surface area contributed by atoms with Crippen molar-refractivity contribution in [3.8, 4) is 5.75 Å². The molecule has 124 valence electrons. The molecule has 1 fully saturated rings. The summed E-state index contributed by atoms with van der Waals surface area (Å²) in [7, 11) is 1.65. The van der Waals surface area contributed by atoms with Crippen molar-refractivity contribution >= 4 is 30.1 Å². The summed E-state index contributed by atoms with van der Waals surface area (Å²) in [5, 5.41) is 6.30. The number of rotatable bonds is 7. The van der Waals surface area contributed by atoms with Crippen LogP contribution in [0, 0.1) is 0 Å². The van der Waals surface area contributed by atoms with E-state index in [1.165, 1.54) is 0 Å². The fourth-order valence-electron chi connectivity index (χ4n) is 2.16. The first-order valence-corrected chi connectivity index (χ1v) is 8.23. The number of ether oxygens (including phenoxy) is 1. The largest absolute Gasteiger partial charge is 0.497 e. The maximum atomic E-state index is 11.8. The molecular formula is C15H24ClN3O2S. The van der Waals surface area contributed by atoms with Crippen LogP contribution in [0.4, 0.5) is 0 Å². The van der Waals surface area contributed by atoms with E-state index in [-0.39, 0.29) is 18.3 Å². The molecule has 22 heavy (non-hydrogen) atoms. The molecule has 7 heteroatoms. The predicted octanol–water partition coefficient (Wildman–Crippen LogP) is 1.23. The Bertz CT molecular complexity index is 439. The molecule has 1 amide bonds. The highest BCUT2D eigenvalue weighted by Crippen LogP contribution is 2.20. The fourth-order valence-corrected chi connectivity index (χ4v) is 2.89. The Morgan fingerprint density at radius 2 is 2.00 bits per heavy atom. The van der Waals surface area contributed by atoms with Crippen molar-refractivity contribution in [1.29, 1.82) is 0 Å². The van der Waals surface area contributed by atoms with E-state index in [9.17, 15) is 4.79 Å². The molecule has 0 radical (unpaired) electrons. The van der Waals surface area contributed by atoms with Gasteiger partial charge in [0.2, 0.25) is 5.91 Å². The lowest BCUT2D eigenvalue weighted by molar-refractivity contribution is -0.118. The van der Waals surface area contributed by atoms with Gasteiger partial charge in [0.15, 0.2) is 0 Å². The number of hydrogen-bond acceptors (Lipinski definition) is 5. The minimum Gasteiger partial charge on any atom is -0.497 e. The summed E-state index contributed by atoms with van der Waals surface area (Å²) in [5.74, 6) is 1.37. The van der Waals surface area contributed by atoms with Gasteiger partial charge in [0, 0.05) is 44.2 Å². The molecule has 1 saturated heterocycles. The van der Waals surface area contributed by atoms with Crippen LogP contribution in [0.2, 0.25) is 0 Å². The van der Waals surface area contributed by atoms with E-state index in [4.69, 9.17) is 4.74 Å². The van der Waals surface area contributed by atoms with Gasteiger partial charge in [0.05, 0.1) is 12.9 Å². The van der Waals surface area contributed by atoms with E-state index in [0.717, 1.165) is 49.9 Å². The fraction of sp³-hybridized carbons (Fsp3) is 0.533. The van der Waals surface area contributed by atoms with Crippen LogP contribution in [-0.2, 0) is 4.79 Å². The van der Waals surface area contributed by atoms with Crippen molar-refractivity contribution in [2.45, 2.75) is 4.90 Å². The van der Waals surface area contributed by atoms with Gasteiger partial charge >= 0.3 is 0 Å². The molecule has 0 unspecified atom stereocenters. The van der Waals surface area contributed by atoms with Crippen molar-refractivity contribution in [3.63, 3.8) is 0 Å². The second-order valence-corrected chi connectivity index (χ2v) is 5.95. The van der Waals surface area contributed by atoms with Crippen molar-refractivity contribution in [2.75, 3.05) is 52.1 Å². The zero-order valence-electron chi connectivity index (χ0n) is 12.8. The van der Waals surface area contributed by atoms with Crippen LogP contribution in [0.25, 0.3) is 0 Å². The first-order valence-electron chi connectivity index (χ1n) is 7.24. The minimum atomic E-state index is 0. The molecule has 1 aliphatic heterocycles. The van der Waals surface area contributed by atoms with Crippen molar-refractivity contribution in [3.05, 3.63) is 24.3 Å². The molecule has 1 aromatic carbocycles. The first-order chi connectivity index (χ1) is 10.3. The third-order valence-electron chi connectivity index (χ3n) is 3.39. The van der Waals surface area contributed by atoms with Gasteiger partial charge in [0.1, 0.15) is 5.75 Å². The number of hydrogen-bond donors (Lipinski definition) is 2. The normalized spacial score (nSPS) is 15.0. The molecule has 2 N–H and O–H groups in total. The highest BCUT2D eigenvalue weighted by Gasteiger charge is 2.09. The van der Waals surface area contributed by atoms with Crippen molar-refractivity contribution in [2.24, 2.45) is 0 Å². The molecule has 1 aromatic rings. The lowest BCUT2D eigenvalue weighted by Gasteiger charge is -2.27. The molecule has 1 aliphatic rings. The Morgan fingerprint density at radius 3 is 2.64 bits per heavy atom. The highest BCUT2D eigenvalue weighted by atomic mass is 35.5. The zero-order chi connectivity index (χ0) is 14.9. The maximum Gasteiger partial charge on any atom is 0.230 e. The number of benzene rings is 1. The SMILES string of the molecule is COc1ccc(SCC(=O)NCCN2CCNCC2)cc1.Cl. The molecule has 0 bridgehead atoms. The van der Waals surface area contributed by atoms with Gasteiger partial charge in [-0.1, -0.05) is 0 Å². The van der Waals surface area contributed by atoms with Crippen LogP contribution in [0.5, 0.6) is 5.75 Å². The zero-order valence-corrected chi connectivity index (χ0v) is 14.5. The van der Waals surface area contributed by atoms with Crippen LogP contribution in [0.15, 0.2) is 29.2 Å². The number of piperazine rings is 1. The van der Waals surface area contributed by atoms with Crippen LogP contribution in [0.3, 0.4) is 0 Å². The number of nitrogens with one attached hydrogen (secondary N) is 2. The average molecular weight is 346 g/mol. The quantitative estimate of drug-likeness (QED) is 0.728. The summed E-state index contributed by atoms with van der Waals surface area (Å²) < 4.78 is 5.11. The van der Waals surface area contributed by atoms with Gasteiger partial charge in [-0.25, -0.2) is 0 Å². The molecule has 5 nitrogen and oxygen atoms in total. The summed E-state index contributed by atoms with van der Waals surface area (Å²) in [5.41, 5.74) is 0. The summed E-state index contributed by atoms with van der Waals surface area (Å²) in [6, 6.07) is 7.75. The monoisotopic (exact) mass is 345 g/mol. The number of halogens is 1. The Kier molecular flexibility index (Phi) is 9.31. The second-order valence-electron chi connectivity index (χ2n) is 4.91. The topological polar surface area (TPSA) is 53.6 Å².